The number of rotatable bonds is 7. The largest absolute Gasteiger partial charge is 0.292 e. The van der Waals surface area contributed by atoms with Crippen LogP contribution in [-0.4, -0.2) is 26.9 Å². The molecule has 0 radical (unpaired) electrons. The van der Waals surface area contributed by atoms with Crippen LogP contribution in [0.2, 0.25) is 0 Å². The lowest BCUT2D eigenvalue weighted by molar-refractivity contribution is 0.0796. The van der Waals surface area contributed by atoms with E-state index in [4.69, 9.17) is 4.98 Å². The van der Waals surface area contributed by atoms with E-state index in [-0.39, 0.29) is 0 Å². The predicted molar refractivity (Wildman–Crippen MR) is 130 cm³/mol. The fourth-order valence-electron chi connectivity index (χ4n) is 4.20. The maximum Gasteiger partial charge on any atom is 0.0705 e. The topological polar surface area (TPSA) is 16.1 Å². The Morgan fingerprint density at radius 1 is 0.966 bits per heavy atom. The van der Waals surface area contributed by atoms with Crippen molar-refractivity contribution in [1.82, 2.24) is 9.88 Å². The van der Waals surface area contributed by atoms with Crippen LogP contribution in [0.3, 0.4) is 0 Å². The molecule has 150 valence electrons. The molecule has 29 heavy (non-hydrogen) atoms. The maximum atomic E-state index is 4.96. The molecule has 2 nitrogen and oxygen atoms in total. The van der Waals surface area contributed by atoms with E-state index in [1.54, 1.807) is 0 Å². The average Bonchev–Trinajstić information content (AvgIpc) is 2.72. The van der Waals surface area contributed by atoms with E-state index in [0.717, 1.165) is 31.1 Å². The van der Waals surface area contributed by atoms with Gasteiger partial charge in [0, 0.05) is 28.3 Å². The zero-order valence-corrected chi connectivity index (χ0v) is 19.4. The van der Waals surface area contributed by atoms with Crippen molar-refractivity contribution in [2.75, 3.05) is 13.1 Å². The number of hydrogen-bond donors (Lipinski definition) is 0. The van der Waals surface area contributed by atoms with Gasteiger partial charge in [0.05, 0.1) is 11.7 Å². The molecule has 1 aromatic heterocycles. The van der Waals surface area contributed by atoms with Gasteiger partial charge in [-0.05, 0) is 48.1 Å². The summed E-state index contributed by atoms with van der Waals surface area (Å²) in [5, 5.41) is 0. The van der Waals surface area contributed by atoms with Crippen molar-refractivity contribution in [3.8, 4) is 11.3 Å². The number of benzene rings is 2. The number of aromatic nitrogens is 1. The van der Waals surface area contributed by atoms with Gasteiger partial charge in [-0.2, -0.15) is 0 Å². The highest BCUT2D eigenvalue weighted by atomic mass is 127. The van der Waals surface area contributed by atoms with Crippen LogP contribution in [0.25, 0.3) is 11.3 Å². The number of likely N-dealkylation sites (tertiary alicyclic amines) is 1. The van der Waals surface area contributed by atoms with Gasteiger partial charge in [0.15, 0.2) is 0 Å². The Hall–Kier alpha value is -1.72. The van der Waals surface area contributed by atoms with Crippen molar-refractivity contribution >= 4 is 22.6 Å². The first kappa shape index (κ1) is 20.5. The second-order valence-electron chi connectivity index (χ2n) is 8.33. The van der Waals surface area contributed by atoms with Gasteiger partial charge in [0.25, 0.3) is 0 Å². The monoisotopic (exact) mass is 496 g/mol. The van der Waals surface area contributed by atoms with Gasteiger partial charge in [-0.15, -0.1) is 0 Å². The van der Waals surface area contributed by atoms with Gasteiger partial charge in [-0.25, -0.2) is 0 Å². The zero-order valence-electron chi connectivity index (χ0n) is 17.3. The number of halogens is 1. The highest BCUT2D eigenvalue weighted by Gasteiger charge is 2.31. The van der Waals surface area contributed by atoms with Crippen LogP contribution in [0, 0.1) is 5.92 Å². The molecular formula is C26H29IN2. The molecule has 3 aromatic rings. The number of hydrogen-bond acceptors (Lipinski definition) is 2. The molecule has 1 aliphatic heterocycles. The molecule has 0 aliphatic carbocycles. The molecule has 1 aliphatic rings. The van der Waals surface area contributed by atoms with E-state index in [9.17, 15) is 0 Å². The molecular weight excluding hydrogens is 467 g/mol. The molecule has 2 heterocycles. The zero-order chi connectivity index (χ0) is 20.2. The summed E-state index contributed by atoms with van der Waals surface area (Å²) in [6, 6.07) is 26.6. The standard InChI is InChI=1S/C26H29IN2/c1-19-17-29(18-19)26(21-8-4-3-5-9-21)23-11-6-10-22(16-23)25-13-7-12-24(28-25)15-14-20(2)27/h3-13,16,19-20,26H,14-15,17-18H2,1-2H3. The summed E-state index contributed by atoms with van der Waals surface area (Å²) < 4.78 is 0.673. The maximum absolute atomic E-state index is 4.96. The Morgan fingerprint density at radius 2 is 1.69 bits per heavy atom. The van der Waals surface area contributed by atoms with E-state index < -0.39 is 0 Å². The number of pyridine rings is 1. The molecule has 0 N–H and O–H groups in total. The van der Waals surface area contributed by atoms with Gasteiger partial charge in [-0.3, -0.25) is 9.88 Å². The molecule has 2 unspecified atom stereocenters. The van der Waals surface area contributed by atoms with Gasteiger partial charge in [-0.1, -0.05) is 91.0 Å². The van der Waals surface area contributed by atoms with Crippen LogP contribution >= 0.6 is 22.6 Å². The summed E-state index contributed by atoms with van der Waals surface area (Å²) in [4.78, 5) is 7.55. The molecule has 1 saturated heterocycles. The number of aryl methyl sites for hydroxylation is 1. The van der Waals surface area contributed by atoms with Gasteiger partial charge in [0.1, 0.15) is 0 Å². The highest BCUT2D eigenvalue weighted by Crippen LogP contribution is 2.35. The fourth-order valence-corrected chi connectivity index (χ4v) is 4.51. The first-order valence-electron chi connectivity index (χ1n) is 10.6. The molecule has 3 heteroatoms. The third-order valence-electron chi connectivity index (χ3n) is 5.68. The van der Waals surface area contributed by atoms with Crippen LogP contribution < -0.4 is 0 Å². The average molecular weight is 496 g/mol. The van der Waals surface area contributed by atoms with Gasteiger partial charge in [0.2, 0.25) is 0 Å². The number of nitrogens with zero attached hydrogens (tertiary/aromatic N) is 2. The molecule has 2 atom stereocenters. The van der Waals surface area contributed by atoms with Gasteiger partial charge < -0.3 is 0 Å². The fraction of sp³-hybridized carbons (Fsp3) is 0.346. The third kappa shape index (κ3) is 5.07. The lowest BCUT2D eigenvalue weighted by Crippen LogP contribution is -2.47. The smallest absolute Gasteiger partial charge is 0.0705 e. The summed E-state index contributed by atoms with van der Waals surface area (Å²) in [7, 11) is 0. The molecule has 0 bridgehead atoms. The summed E-state index contributed by atoms with van der Waals surface area (Å²) in [6.45, 7) is 6.91. The van der Waals surface area contributed by atoms with Crippen molar-refractivity contribution < 1.29 is 0 Å². The Labute approximate surface area is 188 Å². The summed E-state index contributed by atoms with van der Waals surface area (Å²) in [6.07, 6.45) is 2.20. The van der Waals surface area contributed by atoms with Crippen LogP contribution in [-0.2, 0) is 6.42 Å². The van der Waals surface area contributed by atoms with Crippen molar-refractivity contribution in [1.29, 1.82) is 0 Å². The Morgan fingerprint density at radius 3 is 2.41 bits per heavy atom. The van der Waals surface area contributed by atoms with Crippen LogP contribution in [0.4, 0.5) is 0 Å². The number of alkyl halides is 1. The summed E-state index contributed by atoms with van der Waals surface area (Å²) >= 11 is 2.49. The molecule has 0 spiro atoms. The Kier molecular flexibility index (Phi) is 6.66. The van der Waals surface area contributed by atoms with E-state index >= 15 is 0 Å². The van der Waals surface area contributed by atoms with Crippen molar-refractivity contribution in [2.45, 2.75) is 36.7 Å². The molecule has 0 amide bonds. The lowest BCUT2D eigenvalue weighted by atomic mass is 9.90. The van der Waals surface area contributed by atoms with Gasteiger partial charge >= 0.3 is 0 Å². The first-order valence-corrected chi connectivity index (χ1v) is 11.8. The van der Waals surface area contributed by atoms with Crippen LogP contribution in [0.15, 0.2) is 72.8 Å². The molecule has 1 fully saturated rings. The highest BCUT2D eigenvalue weighted by molar-refractivity contribution is 14.1. The minimum absolute atomic E-state index is 0.315. The van der Waals surface area contributed by atoms with Crippen LogP contribution in [0.1, 0.15) is 43.1 Å². The normalized spacial score (nSPS) is 16.9. The van der Waals surface area contributed by atoms with Crippen molar-refractivity contribution in [3.63, 3.8) is 0 Å². The third-order valence-corrected chi connectivity index (χ3v) is 6.30. The van der Waals surface area contributed by atoms with E-state index in [2.05, 4.69) is 114 Å². The molecule has 4 rings (SSSR count). The quantitative estimate of drug-likeness (QED) is 0.273. The van der Waals surface area contributed by atoms with Crippen LogP contribution in [0.5, 0.6) is 0 Å². The minimum atomic E-state index is 0.315. The Bertz CT molecular complexity index is 932. The molecule has 2 aromatic carbocycles. The predicted octanol–water partition coefficient (Wildman–Crippen LogP) is 6.55. The lowest BCUT2D eigenvalue weighted by Gasteiger charge is -2.43. The van der Waals surface area contributed by atoms with Crippen molar-refractivity contribution in [2.24, 2.45) is 5.92 Å². The second kappa shape index (κ2) is 9.40. The Balaban J connectivity index is 1.64. The van der Waals surface area contributed by atoms with E-state index in [1.165, 1.54) is 28.8 Å². The second-order valence-corrected chi connectivity index (χ2v) is 10.5. The van der Waals surface area contributed by atoms with Crippen molar-refractivity contribution in [3.05, 3.63) is 89.6 Å². The summed E-state index contributed by atoms with van der Waals surface area (Å²) in [5.74, 6) is 0.781. The SMILES string of the molecule is CC(I)CCc1cccc(-c2cccc(C(c3ccccc3)N3CC(C)C3)c2)n1. The summed E-state index contributed by atoms with van der Waals surface area (Å²) in [5.41, 5.74) is 6.20. The van der Waals surface area contributed by atoms with E-state index in [1.807, 2.05) is 0 Å². The van der Waals surface area contributed by atoms with E-state index in [0.29, 0.717) is 9.97 Å². The first-order chi connectivity index (χ1) is 14.1. The molecule has 0 saturated carbocycles. The minimum Gasteiger partial charge on any atom is -0.292 e.